The van der Waals surface area contributed by atoms with Gasteiger partial charge in [-0.2, -0.15) is 0 Å². The van der Waals surface area contributed by atoms with Crippen LogP contribution in [0.4, 0.5) is 0 Å². The van der Waals surface area contributed by atoms with E-state index in [4.69, 9.17) is 9.84 Å². The standard InChI is InChI=1S/C26H32N4O3/c1-17(2)33-21-12-20-15-27-26(32)25(20)22(14-21)24-13-19-11-18(3-4-23(19)28-24)16-30-7-5-29(6-8-30)9-10-31/h3-4,11-14,17,28,31H,5-10,15-16H2,1-2H3,(H,27,32). The van der Waals surface area contributed by atoms with Crippen LogP contribution in [-0.4, -0.2) is 71.2 Å². The largest absolute Gasteiger partial charge is 0.491 e. The summed E-state index contributed by atoms with van der Waals surface area (Å²) in [5, 5.41) is 13.2. The van der Waals surface area contributed by atoms with E-state index in [2.05, 4.69) is 44.4 Å². The molecule has 7 heteroatoms. The highest BCUT2D eigenvalue weighted by Crippen LogP contribution is 2.35. The van der Waals surface area contributed by atoms with Gasteiger partial charge in [-0.25, -0.2) is 0 Å². The summed E-state index contributed by atoms with van der Waals surface area (Å²) in [6.45, 7) is 10.5. The lowest BCUT2D eigenvalue weighted by atomic mass is 9.99. The fraction of sp³-hybridized carbons (Fsp3) is 0.423. The van der Waals surface area contributed by atoms with Crippen LogP contribution in [0.1, 0.15) is 35.3 Å². The van der Waals surface area contributed by atoms with Crippen molar-refractivity contribution in [2.45, 2.75) is 33.0 Å². The van der Waals surface area contributed by atoms with E-state index in [1.54, 1.807) is 0 Å². The summed E-state index contributed by atoms with van der Waals surface area (Å²) in [4.78, 5) is 20.8. The molecule has 0 radical (unpaired) electrons. The number of aliphatic hydroxyl groups is 1. The molecule has 5 rings (SSSR count). The SMILES string of the molecule is CC(C)Oc1cc2c(c(-c3cc4cc(CN5CCN(CCO)CC5)ccc4[nH]3)c1)C(=O)NC2. The van der Waals surface area contributed by atoms with Crippen LogP contribution in [0, 0.1) is 0 Å². The molecule has 2 aliphatic rings. The lowest BCUT2D eigenvalue weighted by molar-refractivity contribution is 0.0966. The van der Waals surface area contributed by atoms with Gasteiger partial charge in [-0.05, 0) is 55.3 Å². The van der Waals surface area contributed by atoms with E-state index in [1.807, 2.05) is 26.0 Å². The second-order valence-corrected chi connectivity index (χ2v) is 9.30. The quantitative estimate of drug-likeness (QED) is 0.518. The number of piperazine rings is 1. The minimum atomic E-state index is -0.0317. The third-order valence-electron chi connectivity index (χ3n) is 6.49. The highest BCUT2D eigenvalue weighted by Gasteiger charge is 2.26. The predicted octanol–water partition coefficient (Wildman–Crippen LogP) is 2.98. The zero-order valence-corrected chi connectivity index (χ0v) is 19.4. The maximum Gasteiger partial charge on any atom is 0.252 e. The van der Waals surface area contributed by atoms with Crippen molar-refractivity contribution in [1.82, 2.24) is 20.1 Å². The van der Waals surface area contributed by atoms with Crippen molar-refractivity contribution in [1.29, 1.82) is 0 Å². The van der Waals surface area contributed by atoms with Crippen molar-refractivity contribution < 1.29 is 14.6 Å². The van der Waals surface area contributed by atoms with Crippen molar-refractivity contribution in [2.75, 3.05) is 39.3 Å². The molecule has 0 aliphatic carbocycles. The third-order valence-corrected chi connectivity index (χ3v) is 6.49. The van der Waals surface area contributed by atoms with Gasteiger partial charge >= 0.3 is 0 Å². The van der Waals surface area contributed by atoms with Crippen LogP contribution in [0.25, 0.3) is 22.2 Å². The molecule has 0 atom stereocenters. The number of rotatable bonds is 7. The number of H-pyrrole nitrogens is 1. The first-order chi connectivity index (χ1) is 16.0. The lowest BCUT2D eigenvalue weighted by Crippen LogP contribution is -2.46. The Balaban J connectivity index is 1.40. The van der Waals surface area contributed by atoms with Crippen molar-refractivity contribution >= 4 is 16.8 Å². The van der Waals surface area contributed by atoms with Gasteiger partial charge in [0.2, 0.25) is 0 Å². The number of nitrogens with zero attached hydrogens (tertiary/aromatic N) is 2. The highest BCUT2D eigenvalue weighted by atomic mass is 16.5. The van der Waals surface area contributed by atoms with Gasteiger partial charge in [0.1, 0.15) is 5.75 Å². The minimum absolute atomic E-state index is 0.0317. The van der Waals surface area contributed by atoms with Gasteiger partial charge in [-0.1, -0.05) is 6.07 Å². The molecule has 3 aromatic rings. The van der Waals surface area contributed by atoms with E-state index in [1.165, 1.54) is 5.56 Å². The first-order valence-electron chi connectivity index (χ1n) is 11.8. The molecule has 2 aliphatic heterocycles. The van der Waals surface area contributed by atoms with Crippen molar-refractivity contribution in [3.8, 4) is 17.0 Å². The Kier molecular flexibility index (Phi) is 6.10. The van der Waals surface area contributed by atoms with Gasteiger partial charge in [0.05, 0.1) is 18.3 Å². The molecule has 0 unspecified atom stereocenters. The number of aliphatic hydroxyl groups excluding tert-OH is 1. The molecule has 1 aromatic heterocycles. The Hall–Kier alpha value is -2.87. The van der Waals surface area contributed by atoms with Crippen molar-refractivity contribution in [2.24, 2.45) is 0 Å². The molecule has 7 nitrogen and oxygen atoms in total. The van der Waals surface area contributed by atoms with E-state index in [9.17, 15) is 4.79 Å². The number of aromatic amines is 1. The molecule has 33 heavy (non-hydrogen) atoms. The first-order valence-corrected chi connectivity index (χ1v) is 11.8. The third kappa shape index (κ3) is 4.62. The number of ether oxygens (including phenoxy) is 1. The molecule has 0 saturated carbocycles. The topological polar surface area (TPSA) is 80.8 Å². The van der Waals surface area contributed by atoms with Gasteiger partial charge in [-0.3, -0.25) is 14.6 Å². The van der Waals surface area contributed by atoms with Gasteiger partial charge in [0, 0.05) is 68.0 Å². The number of β-amino-alcohol motifs (C(OH)–C–C–N with tert-alkyl or cyclic N) is 1. The number of nitrogens with one attached hydrogen (secondary N) is 2. The van der Waals surface area contributed by atoms with E-state index >= 15 is 0 Å². The normalized spacial score (nSPS) is 17.0. The van der Waals surface area contributed by atoms with E-state index in [0.717, 1.165) is 78.3 Å². The van der Waals surface area contributed by atoms with E-state index < -0.39 is 0 Å². The van der Waals surface area contributed by atoms with Gasteiger partial charge < -0.3 is 20.1 Å². The van der Waals surface area contributed by atoms with Gasteiger partial charge in [0.25, 0.3) is 5.91 Å². The second kappa shape index (κ2) is 9.17. The Morgan fingerprint density at radius 3 is 2.61 bits per heavy atom. The first kappa shape index (κ1) is 21.9. The predicted molar refractivity (Wildman–Crippen MR) is 129 cm³/mol. The van der Waals surface area contributed by atoms with Crippen molar-refractivity contribution in [3.05, 3.63) is 53.1 Å². The minimum Gasteiger partial charge on any atom is -0.491 e. The zero-order valence-electron chi connectivity index (χ0n) is 19.4. The van der Waals surface area contributed by atoms with E-state index in [-0.39, 0.29) is 18.6 Å². The van der Waals surface area contributed by atoms with Crippen LogP contribution < -0.4 is 10.1 Å². The fourth-order valence-electron chi connectivity index (χ4n) is 4.89. The van der Waals surface area contributed by atoms with Crippen LogP contribution in [0.5, 0.6) is 5.75 Å². The Morgan fingerprint density at radius 2 is 1.85 bits per heavy atom. The second-order valence-electron chi connectivity index (χ2n) is 9.30. The summed E-state index contributed by atoms with van der Waals surface area (Å²) in [6, 6.07) is 12.6. The summed E-state index contributed by atoms with van der Waals surface area (Å²) in [6.07, 6.45) is 0.0664. The Morgan fingerprint density at radius 1 is 1.06 bits per heavy atom. The molecular formula is C26H32N4O3. The van der Waals surface area contributed by atoms with Crippen LogP contribution in [0.2, 0.25) is 0 Å². The summed E-state index contributed by atoms with van der Waals surface area (Å²) in [5.41, 5.74) is 5.87. The Labute approximate surface area is 194 Å². The lowest BCUT2D eigenvalue weighted by Gasteiger charge is -2.34. The monoisotopic (exact) mass is 448 g/mol. The molecule has 2 aromatic carbocycles. The number of aromatic nitrogens is 1. The molecule has 1 saturated heterocycles. The average molecular weight is 449 g/mol. The smallest absolute Gasteiger partial charge is 0.252 e. The summed E-state index contributed by atoms with van der Waals surface area (Å²) in [5.74, 6) is 0.755. The van der Waals surface area contributed by atoms with Gasteiger partial charge in [-0.15, -0.1) is 0 Å². The Bertz CT molecular complexity index is 1160. The number of benzene rings is 2. The van der Waals surface area contributed by atoms with Crippen LogP contribution in [0.15, 0.2) is 36.4 Å². The molecule has 1 fully saturated rings. The molecule has 1 amide bonds. The number of hydrogen-bond acceptors (Lipinski definition) is 5. The number of carbonyl (C=O) groups is 1. The maximum absolute atomic E-state index is 12.6. The summed E-state index contributed by atoms with van der Waals surface area (Å²) in [7, 11) is 0. The zero-order chi connectivity index (χ0) is 22.9. The highest BCUT2D eigenvalue weighted by molar-refractivity contribution is 6.05. The molecule has 3 heterocycles. The molecular weight excluding hydrogens is 416 g/mol. The number of carbonyl (C=O) groups excluding carboxylic acids is 1. The number of fused-ring (bicyclic) bond motifs is 2. The molecule has 3 N–H and O–H groups in total. The molecule has 0 spiro atoms. The molecule has 174 valence electrons. The fourth-order valence-corrected chi connectivity index (χ4v) is 4.89. The van der Waals surface area contributed by atoms with Crippen LogP contribution >= 0.6 is 0 Å². The maximum atomic E-state index is 12.6. The number of amides is 1. The molecule has 0 bridgehead atoms. The van der Waals surface area contributed by atoms with Crippen molar-refractivity contribution in [3.63, 3.8) is 0 Å². The summed E-state index contributed by atoms with van der Waals surface area (Å²) >= 11 is 0. The van der Waals surface area contributed by atoms with Crippen LogP contribution in [0.3, 0.4) is 0 Å². The van der Waals surface area contributed by atoms with Gasteiger partial charge in [0.15, 0.2) is 0 Å². The number of hydrogen-bond donors (Lipinski definition) is 3. The van der Waals surface area contributed by atoms with Crippen LogP contribution in [-0.2, 0) is 13.1 Å². The van der Waals surface area contributed by atoms with E-state index in [0.29, 0.717) is 6.54 Å². The average Bonchev–Trinajstić information content (AvgIpc) is 3.38. The summed E-state index contributed by atoms with van der Waals surface area (Å²) < 4.78 is 5.96.